The van der Waals surface area contributed by atoms with E-state index < -0.39 is 29.6 Å². The average molecular weight is 301 g/mol. The van der Waals surface area contributed by atoms with Crippen LogP contribution in [0, 0.1) is 0 Å². The van der Waals surface area contributed by atoms with Gasteiger partial charge in [-0.1, -0.05) is 12.1 Å². The molecule has 0 N–H and O–H groups in total. The summed E-state index contributed by atoms with van der Waals surface area (Å²) in [5, 5.41) is 0. The third kappa shape index (κ3) is 4.47. The Hall–Kier alpha value is -1.11. The van der Waals surface area contributed by atoms with Crippen molar-refractivity contribution in [2.75, 3.05) is 33.3 Å². The largest absolute Gasteiger partial charge is 0.384 e. The average Bonchev–Trinajstić information content (AvgIpc) is 2.50. The van der Waals surface area contributed by atoms with Gasteiger partial charge in [0.25, 0.3) is 0 Å². The van der Waals surface area contributed by atoms with E-state index in [4.69, 9.17) is 9.47 Å². The minimum Gasteiger partial charge on any atom is -0.384 e. The highest BCUT2D eigenvalue weighted by Gasteiger charge is 2.21. The van der Waals surface area contributed by atoms with Crippen molar-refractivity contribution in [2.45, 2.75) is 17.0 Å². The van der Waals surface area contributed by atoms with Gasteiger partial charge in [0.2, 0.25) is 0 Å². The first-order valence-electron chi connectivity index (χ1n) is 6.19. The van der Waals surface area contributed by atoms with Crippen LogP contribution < -0.4 is 0 Å². The molecule has 0 fully saturated rings. The van der Waals surface area contributed by atoms with Crippen LogP contribution in [0.3, 0.4) is 0 Å². The van der Waals surface area contributed by atoms with E-state index in [1.54, 1.807) is 31.4 Å². The highest BCUT2D eigenvalue weighted by atomic mass is 32.2. The predicted molar refractivity (Wildman–Crippen MR) is 78.7 cm³/mol. The first-order valence-corrected chi connectivity index (χ1v) is 7.51. The molecule has 0 saturated carbocycles. The Labute approximate surface area is 121 Å². The third-order valence-corrected chi connectivity index (χ3v) is 4.28. The quantitative estimate of drug-likeness (QED) is 0.657. The van der Waals surface area contributed by atoms with Crippen molar-refractivity contribution in [2.24, 2.45) is 4.99 Å². The summed E-state index contributed by atoms with van der Waals surface area (Å²) in [4.78, 5) is 4.44. The number of benzene rings is 1. The Balaban J connectivity index is 2.83. The standard InChI is InChI=1S/C14H20FNO3S/c1-16-13(10-15)14(19-3)11-4-6-12(7-5-11)20(17)9-8-18-2/h4-7,13-14H,1,8-10H2,2-3H3/t13-,14-,20?/m1/s1. The van der Waals surface area contributed by atoms with Crippen molar-refractivity contribution >= 4 is 17.5 Å². The van der Waals surface area contributed by atoms with Crippen LogP contribution in [0.5, 0.6) is 0 Å². The number of aliphatic imine (C=N–C) groups is 1. The Morgan fingerprint density at radius 3 is 2.45 bits per heavy atom. The van der Waals surface area contributed by atoms with Crippen LogP contribution >= 0.6 is 0 Å². The maximum atomic E-state index is 12.9. The highest BCUT2D eigenvalue weighted by Crippen LogP contribution is 2.24. The lowest BCUT2D eigenvalue weighted by atomic mass is 10.0. The lowest BCUT2D eigenvalue weighted by molar-refractivity contribution is 0.0731. The van der Waals surface area contributed by atoms with Crippen LogP contribution in [-0.4, -0.2) is 50.2 Å². The molecule has 0 aliphatic heterocycles. The van der Waals surface area contributed by atoms with Gasteiger partial charge in [0.15, 0.2) is 0 Å². The fourth-order valence-corrected chi connectivity index (χ4v) is 2.82. The van der Waals surface area contributed by atoms with E-state index in [0.29, 0.717) is 17.3 Å². The summed E-state index contributed by atoms with van der Waals surface area (Å²) in [5.74, 6) is 0.449. The van der Waals surface area contributed by atoms with Crippen LogP contribution in [0.4, 0.5) is 4.39 Å². The number of methoxy groups -OCH3 is 2. The van der Waals surface area contributed by atoms with Crippen molar-refractivity contribution in [1.29, 1.82) is 0 Å². The third-order valence-electron chi connectivity index (χ3n) is 2.94. The number of halogens is 1. The molecule has 1 aromatic rings. The minimum atomic E-state index is -1.10. The van der Waals surface area contributed by atoms with Crippen molar-refractivity contribution in [3.8, 4) is 0 Å². The van der Waals surface area contributed by atoms with Gasteiger partial charge in [-0.3, -0.25) is 9.20 Å². The second-order valence-corrected chi connectivity index (χ2v) is 5.74. The van der Waals surface area contributed by atoms with E-state index in [0.717, 1.165) is 5.56 Å². The molecule has 4 nitrogen and oxygen atoms in total. The van der Waals surface area contributed by atoms with Crippen molar-refractivity contribution in [3.63, 3.8) is 0 Å². The summed E-state index contributed by atoms with van der Waals surface area (Å²) >= 11 is 0. The highest BCUT2D eigenvalue weighted by molar-refractivity contribution is 7.85. The van der Waals surface area contributed by atoms with Gasteiger partial charge in [0.1, 0.15) is 18.8 Å². The summed E-state index contributed by atoms with van der Waals surface area (Å²) < 4.78 is 34.9. The van der Waals surface area contributed by atoms with Gasteiger partial charge < -0.3 is 9.47 Å². The van der Waals surface area contributed by atoms with Gasteiger partial charge in [-0.25, -0.2) is 4.39 Å². The Morgan fingerprint density at radius 2 is 2.00 bits per heavy atom. The topological polar surface area (TPSA) is 47.9 Å². The van der Waals surface area contributed by atoms with Crippen molar-refractivity contribution in [1.82, 2.24) is 0 Å². The van der Waals surface area contributed by atoms with Gasteiger partial charge in [-0.15, -0.1) is 0 Å². The molecular weight excluding hydrogens is 281 g/mol. The summed E-state index contributed by atoms with van der Waals surface area (Å²) in [6.07, 6.45) is -0.487. The summed E-state index contributed by atoms with van der Waals surface area (Å²) in [5.41, 5.74) is 0.787. The second-order valence-electron chi connectivity index (χ2n) is 4.17. The molecule has 0 bridgehead atoms. The van der Waals surface area contributed by atoms with E-state index in [-0.39, 0.29) is 0 Å². The number of hydrogen-bond acceptors (Lipinski definition) is 4. The van der Waals surface area contributed by atoms with Crippen LogP contribution in [0.25, 0.3) is 0 Å². The lowest BCUT2D eigenvalue weighted by Crippen LogP contribution is -2.20. The number of alkyl halides is 1. The molecule has 0 saturated heterocycles. The van der Waals surface area contributed by atoms with Gasteiger partial charge in [0, 0.05) is 19.1 Å². The molecule has 20 heavy (non-hydrogen) atoms. The SMILES string of the molecule is C=N[C@H](CF)[C@H](OC)c1ccc(S(=O)CCOC)cc1. The van der Waals surface area contributed by atoms with Gasteiger partial charge in [-0.2, -0.15) is 0 Å². The van der Waals surface area contributed by atoms with E-state index >= 15 is 0 Å². The molecular formula is C14H20FNO3S. The molecule has 0 aliphatic rings. The fraction of sp³-hybridized carbons (Fsp3) is 0.500. The normalized spacial score (nSPS) is 15.6. The first-order chi connectivity index (χ1) is 9.67. The molecule has 1 unspecified atom stereocenters. The zero-order valence-corrected chi connectivity index (χ0v) is 12.6. The molecule has 6 heteroatoms. The van der Waals surface area contributed by atoms with Gasteiger partial charge >= 0.3 is 0 Å². The minimum absolute atomic E-state index is 0.444. The van der Waals surface area contributed by atoms with E-state index in [2.05, 4.69) is 11.7 Å². The molecule has 0 amide bonds. The van der Waals surface area contributed by atoms with Gasteiger partial charge in [-0.05, 0) is 24.4 Å². The summed E-state index contributed by atoms with van der Waals surface area (Å²) in [7, 11) is 1.98. The molecule has 1 rings (SSSR count). The Bertz CT molecular complexity index is 439. The molecule has 3 atom stereocenters. The zero-order chi connectivity index (χ0) is 15.0. The van der Waals surface area contributed by atoms with Crippen LogP contribution in [0.2, 0.25) is 0 Å². The number of nitrogens with zero attached hydrogens (tertiary/aromatic N) is 1. The van der Waals surface area contributed by atoms with Crippen LogP contribution in [0.15, 0.2) is 34.2 Å². The molecule has 0 radical (unpaired) electrons. The molecule has 112 valence electrons. The van der Waals surface area contributed by atoms with Crippen molar-refractivity contribution < 1.29 is 18.1 Å². The molecule has 0 aromatic heterocycles. The van der Waals surface area contributed by atoms with Crippen LogP contribution in [-0.2, 0) is 20.3 Å². The van der Waals surface area contributed by atoms with E-state index in [9.17, 15) is 8.60 Å². The summed E-state index contributed by atoms with van der Waals surface area (Å²) in [6, 6.07) is 6.44. The van der Waals surface area contributed by atoms with E-state index in [1.807, 2.05) is 0 Å². The Kier molecular flexibility index (Phi) is 7.58. The smallest absolute Gasteiger partial charge is 0.115 e. The number of ether oxygens (including phenoxy) is 2. The number of rotatable bonds is 9. The summed E-state index contributed by atoms with van der Waals surface area (Å²) in [6.45, 7) is 3.18. The fourth-order valence-electron chi connectivity index (χ4n) is 1.83. The molecule has 0 aliphatic carbocycles. The first kappa shape index (κ1) is 16.9. The number of hydrogen-bond donors (Lipinski definition) is 0. The van der Waals surface area contributed by atoms with Crippen molar-refractivity contribution in [3.05, 3.63) is 29.8 Å². The maximum Gasteiger partial charge on any atom is 0.115 e. The maximum absolute atomic E-state index is 12.9. The van der Waals surface area contributed by atoms with Crippen LogP contribution in [0.1, 0.15) is 11.7 Å². The second kappa shape index (κ2) is 8.94. The monoisotopic (exact) mass is 301 g/mol. The predicted octanol–water partition coefficient (Wildman–Crippen LogP) is 2.17. The van der Waals surface area contributed by atoms with Gasteiger partial charge in [0.05, 0.1) is 23.2 Å². The lowest BCUT2D eigenvalue weighted by Gasteiger charge is -2.20. The van der Waals surface area contributed by atoms with E-state index in [1.165, 1.54) is 7.11 Å². The molecule has 0 heterocycles. The molecule has 0 spiro atoms. The Morgan fingerprint density at radius 1 is 1.35 bits per heavy atom. The zero-order valence-electron chi connectivity index (χ0n) is 11.8. The molecule has 1 aromatic carbocycles.